The van der Waals surface area contributed by atoms with E-state index in [0.29, 0.717) is 5.82 Å². The Morgan fingerprint density at radius 1 is 1.12 bits per heavy atom. The van der Waals surface area contributed by atoms with Gasteiger partial charge in [0.15, 0.2) is 5.82 Å². The number of nitrogens with two attached hydrogens (primary N) is 1. The number of hydrogen-bond acceptors (Lipinski definition) is 3. The molecule has 16 heavy (non-hydrogen) atoms. The van der Waals surface area contributed by atoms with Gasteiger partial charge in [-0.05, 0) is 30.5 Å². The lowest BCUT2D eigenvalue weighted by Crippen LogP contribution is -2.02. The lowest BCUT2D eigenvalue weighted by molar-refractivity contribution is 0.767. The van der Waals surface area contributed by atoms with Crippen molar-refractivity contribution in [3.05, 3.63) is 35.5 Å². The molecule has 4 nitrogen and oxygen atoms in total. The van der Waals surface area contributed by atoms with E-state index >= 15 is 0 Å². The second-order valence-corrected chi connectivity index (χ2v) is 3.71. The van der Waals surface area contributed by atoms with Crippen LogP contribution in [0.3, 0.4) is 0 Å². The van der Waals surface area contributed by atoms with Gasteiger partial charge in [-0.3, -0.25) is 0 Å². The predicted molar refractivity (Wildman–Crippen MR) is 64.5 cm³/mol. The smallest absolute Gasteiger partial charge is 0.169 e. The highest BCUT2D eigenvalue weighted by molar-refractivity contribution is 5.41. The molecule has 0 saturated heterocycles. The normalized spacial score (nSPS) is 10.6. The fraction of sp³-hybridized carbons (Fsp3) is 0.333. The van der Waals surface area contributed by atoms with Gasteiger partial charge in [-0.15, -0.1) is 5.10 Å². The average molecular weight is 216 g/mol. The highest BCUT2D eigenvalue weighted by Crippen LogP contribution is 2.15. The third-order valence-corrected chi connectivity index (χ3v) is 2.72. The maximum atomic E-state index is 5.75. The summed E-state index contributed by atoms with van der Waals surface area (Å²) in [5.74, 6) is 0.516. The summed E-state index contributed by atoms with van der Waals surface area (Å²) in [6.07, 6.45) is 1.87. The van der Waals surface area contributed by atoms with E-state index in [1.54, 1.807) is 4.68 Å². The van der Waals surface area contributed by atoms with Crippen molar-refractivity contribution in [3.8, 4) is 5.69 Å². The van der Waals surface area contributed by atoms with Crippen molar-refractivity contribution >= 4 is 5.82 Å². The van der Waals surface area contributed by atoms with Crippen molar-refractivity contribution < 1.29 is 0 Å². The van der Waals surface area contributed by atoms with Crippen LogP contribution in [-0.4, -0.2) is 15.0 Å². The Bertz CT molecular complexity index is 470. The number of aryl methyl sites for hydroxylation is 1. The van der Waals surface area contributed by atoms with E-state index < -0.39 is 0 Å². The van der Waals surface area contributed by atoms with Gasteiger partial charge in [0, 0.05) is 0 Å². The number of rotatable bonds is 3. The van der Waals surface area contributed by atoms with Crippen molar-refractivity contribution in [2.75, 3.05) is 5.73 Å². The minimum Gasteiger partial charge on any atom is -0.381 e. The number of nitrogen functional groups attached to an aromatic ring is 1. The Labute approximate surface area is 95.1 Å². The van der Waals surface area contributed by atoms with Crippen LogP contribution < -0.4 is 5.73 Å². The first-order valence-corrected chi connectivity index (χ1v) is 5.55. The molecule has 0 aliphatic rings. The topological polar surface area (TPSA) is 56.7 Å². The molecule has 2 aromatic rings. The van der Waals surface area contributed by atoms with Crippen LogP contribution in [0.15, 0.2) is 24.3 Å². The fourth-order valence-electron chi connectivity index (χ4n) is 1.72. The first-order valence-electron chi connectivity index (χ1n) is 5.55. The molecule has 1 aromatic heterocycles. The molecule has 0 atom stereocenters. The maximum absolute atomic E-state index is 5.75. The summed E-state index contributed by atoms with van der Waals surface area (Å²) in [6, 6.07) is 8.30. The van der Waals surface area contributed by atoms with Crippen LogP contribution >= 0.6 is 0 Å². The molecular formula is C12H16N4. The van der Waals surface area contributed by atoms with E-state index in [1.165, 1.54) is 5.56 Å². The first-order chi connectivity index (χ1) is 7.76. The van der Waals surface area contributed by atoms with E-state index in [2.05, 4.69) is 29.4 Å². The molecule has 0 saturated carbocycles. The molecule has 1 aromatic carbocycles. The predicted octanol–water partition coefficient (Wildman–Crippen LogP) is 1.97. The van der Waals surface area contributed by atoms with Gasteiger partial charge in [0.25, 0.3) is 0 Å². The van der Waals surface area contributed by atoms with Gasteiger partial charge in [0.2, 0.25) is 0 Å². The molecule has 0 spiro atoms. The van der Waals surface area contributed by atoms with E-state index in [9.17, 15) is 0 Å². The molecule has 0 bridgehead atoms. The van der Waals surface area contributed by atoms with Crippen LogP contribution in [0.4, 0.5) is 5.82 Å². The summed E-state index contributed by atoms with van der Waals surface area (Å²) < 4.78 is 1.80. The summed E-state index contributed by atoms with van der Waals surface area (Å²) in [5, 5.41) is 7.95. The molecule has 2 N–H and O–H groups in total. The van der Waals surface area contributed by atoms with E-state index in [0.717, 1.165) is 24.2 Å². The van der Waals surface area contributed by atoms with Gasteiger partial charge in [0.05, 0.1) is 11.4 Å². The van der Waals surface area contributed by atoms with Crippen LogP contribution in [0, 0.1) is 0 Å². The van der Waals surface area contributed by atoms with Crippen LogP contribution in [0.5, 0.6) is 0 Å². The fourth-order valence-corrected chi connectivity index (χ4v) is 1.72. The number of benzene rings is 1. The number of nitrogens with zero attached hydrogens (tertiary/aromatic N) is 3. The van der Waals surface area contributed by atoms with Gasteiger partial charge in [-0.2, -0.15) is 0 Å². The van der Waals surface area contributed by atoms with Gasteiger partial charge in [-0.25, -0.2) is 4.68 Å². The van der Waals surface area contributed by atoms with E-state index in [1.807, 2.05) is 19.1 Å². The maximum Gasteiger partial charge on any atom is 0.169 e. The van der Waals surface area contributed by atoms with Gasteiger partial charge in [0.1, 0.15) is 0 Å². The highest BCUT2D eigenvalue weighted by Gasteiger charge is 2.09. The Kier molecular flexibility index (Phi) is 2.90. The summed E-state index contributed by atoms with van der Waals surface area (Å²) in [4.78, 5) is 0. The minimum absolute atomic E-state index is 0.516. The van der Waals surface area contributed by atoms with Crippen molar-refractivity contribution in [1.82, 2.24) is 15.0 Å². The van der Waals surface area contributed by atoms with Crippen molar-refractivity contribution in [2.45, 2.75) is 26.7 Å². The van der Waals surface area contributed by atoms with Crippen molar-refractivity contribution in [1.29, 1.82) is 0 Å². The minimum atomic E-state index is 0.516. The highest BCUT2D eigenvalue weighted by atomic mass is 15.4. The average Bonchev–Trinajstić information content (AvgIpc) is 2.70. The Balaban J connectivity index is 2.42. The SMILES string of the molecule is CCc1ccc(-n2nnc(N)c2CC)cc1. The number of anilines is 1. The molecule has 0 aliphatic carbocycles. The largest absolute Gasteiger partial charge is 0.381 e. The standard InChI is InChI=1S/C12H16N4/c1-3-9-5-7-10(8-6-9)16-11(4-2)12(13)14-15-16/h5-8H,3-4,13H2,1-2H3. The third-order valence-electron chi connectivity index (χ3n) is 2.72. The Hall–Kier alpha value is -1.84. The van der Waals surface area contributed by atoms with Crippen LogP contribution in [0.1, 0.15) is 25.1 Å². The van der Waals surface area contributed by atoms with Gasteiger partial charge in [-0.1, -0.05) is 31.2 Å². The second kappa shape index (κ2) is 4.35. The summed E-state index contributed by atoms with van der Waals surface area (Å²) >= 11 is 0. The van der Waals surface area contributed by atoms with E-state index in [4.69, 9.17) is 5.73 Å². The molecule has 84 valence electrons. The quantitative estimate of drug-likeness (QED) is 0.853. The zero-order chi connectivity index (χ0) is 11.5. The molecule has 0 unspecified atom stereocenters. The molecule has 4 heteroatoms. The molecule has 0 radical (unpaired) electrons. The van der Waals surface area contributed by atoms with Gasteiger partial charge >= 0.3 is 0 Å². The zero-order valence-electron chi connectivity index (χ0n) is 9.64. The molecule has 1 heterocycles. The summed E-state index contributed by atoms with van der Waals surface area (Å²) in [5.41, 5.74) is 9.04. The van der Waals surface area contributed by atoms with Crippen LogP contribution in [0.2, 0.25) is 0 Å². The zero-order valence-corrected chi connectivity index (χ0v) is 9.64. The lowest BCUT2D eigenvalue weighted by Gasteiger charge is -2.05. The van der Waals surface area contributed by atoms with Crippen molar-refractivity contribution in [2.24, 2.45) is 0 Å². The molecule has 0 amide bonds. The molecular weight excluding hydrogens is 200 g/mol. The Morgan fingerprint density at radius 2 is 1.81 bits per heavy atom. The first kappa shape index (κ1) is 10.7. The summed E-state index contributed by atoms with van der Waals surface area (Å²) in [6.45, 7) is 4.19. The molecule has 0 fully saturated rings. The van der Waals surface area contributed by atoms with Crippen molar-refractivity contribution in [3.63, 3.8) is 0 Å². The van der Waals surface area contributed by atoms with Crippen LogP contribution in [0.25, 0.3) is 5.69 Å². The van der Waals surface area contributed by atoms with Gasteiger partial charge < -0.3 is 5.73 Å². The molecule has 0 aliphatic heterocycles. The monoisotopic (exact) mass is 216 g/mol. The number of aromatic nitrogens is 3. The summed E-state index contributed by atoms with van der Waals surface area (Å²) in [7, 11) is 0. The van der Waals surface area contributed by atoms with E-state index in [-0.39, 0.29) is 0 Å². The third kappa shape index (κ3) is 1.78. The van der Waals surface area contributed by atoms with Crippen LogP contribution in [-0.2, 0) is 12.8 Å². The second-order valence-electron chi connectivity index (χ2n) is 3.71. The number of hydrogen-bond donors (Lipinski definition) is 1. The Morgan fingerprint density at radius 3 is 2.38 bits per heavy atom. The lowest BCUT2D eigenvalue weighted by atomic mass is 10.1. The molecule has 2 rings (SSSR count).